The van der Waals surface area contributed by atoms with Gasteiger partial charge in [0.05, 0.1) is 5.39 Å². The van der Waals surface area contributed by atoms with Crippen molar-refractivity contribution in [2.75, 3.05) is 5.32 Å². The molecule has 3 N–H and O–H groups in total. The fourth-order valence-corrected chi connectivity index (χ4v) is 2.85. The van der Waals surface area contributed by atoms with Crippen LogP contribution in [-0.2, 0) is 13.1 Å². The summed E-state index contributed by atoms with van der Waals surface area (Å²) in [5.74, 6) is -0.344. The van der Waals surface area contributed by atoms with Gasteiger partial charge in [-0.25, -0.2) is 5.10 Å². The van der Waals surface area contributed by atoms with E-state index in [1.54, 1.807) is 24.3 Å². The monoisotopic (exact) mass is 306 g/mol. The maximum absolute atomic E-state index is 12.5. The number of carbonyl (C=O) groups is 1. The van der Waals surface area contributed by atoms with E-state index in [4.69, 9.17) is 0 Å². The molecule has 0 bridgehead atoms. The Hall–Kier alpha value is -2.99. The smallest absolute Gasteiger partial charge is 0.276 e. The minimum atomic E-state index is -0.344. The number of hydrogen-bond donors (Lipinski definition) is 3. The zero-order valence-corrected chi connectivity index (χ0v) is 12.2. The summed E-state index contributed by atoms with van der Waals surface area (Å²) in [6, 6.07) is 12.8. The standard InChI is InChI=1S/C17H14N4O2/c22-16-14-4-2-1-3-13(14)15(20-21-16)17(23)19-12-6-5-10-8-18-9-11(10)7-12/h1-7,18H,8-9H2,(H,19,23)(H,21,22). The lowest BCUT2D eigenvalue weighted by molar-refractivity contribution is 0.102. The minimum Gasteiger partial charge on any atom is -0.321 e. The number of nitrogens with one attached hydrogen (secondary N) is 3. The van der Waals surface area contributed by atoms with Gasteiger partial charge < -0.3 is 10.6 Å². The largest absolute Gasteiger partial charge is 0.321 e. The van der Waals surface area contributed by atoms with Crippen molar-refractivity contribution in [2.45, 2.75) is 13.1 Å². The van der Waals surface area contributed by atoms with Gasteiger partial charge in [0.15, 0.2) is 5.69 Å². The minimum absolute atomic E-state index is 0.207. The highest BCUT2D eigenvalue weighted by Gasteiger charge is 2.15. The summed E-state index contributed by atoms with van der Waals surface area (Å²) in [6.07, 6.45) is 0. The van der Waals surface area contributed by atoms with Crippen molar-refractivity contribution in [3.8, 4) is 0 Å². The molecule has 1 aliphatic heterocycles. The summed E-state index contributed by atoms with van der Waals surface area (Å²) in [6.45, 7) is 1.66. The molecule has 4 rings (SSSR count). The van der Waals surface area contributed by atoms with Crippen LogP contribution in [0, 0.1) is 0 Å². The predicted octanol–water partition coefficient (Wildman–Crippen LogP) is 1.78. The quantitative estimate of drug-likeness (QED) is 0.673. The first kappa shape index (κ1) is 13.7. The average Bonchev–Trinajstić information content (AvgIpc) is 3.03. The van der Waals surface area contributed by atoms with Crippen LogP contribution in [0.1, 0.15) is 21.6 Å². The second-order valence-corrected chi connectivity index (χ2v) is 5.49. The lowest BCUT2D eigenvalue weighted by Gasteiger charge is -2.08. The molecule has 0 saturated heterocycles. The van der Waals surface area contributed by atoms with E-state index < -0.39 is 0 Å². The van der Waals surface area contributed by atoms with Crippen molar-refractivity contribution in [2.24, 2.45) is 0 Å². The van der Waals surface area contributed by atoms with Crippen LogP contribution in [0.25, 0.3) is 10.8 Å². The molecule has 2 heterocycles. The Bertz CT molecular complexity index is 978. The van der Waals surface area contributed by atoms with E-state index in [2.05, 4.69) is 20.8 Å². The lowest BCUT2D eigenvalue weighted by atomic mass is 10.1. The topological polar surface area (TPSA) is 86.9 Å². The molecule has 1 aromatic heterocycles. The lowest BCUT2D eigenvalue weighted by Crippen LogP contribution is -2.19. The number of carbonyl (C=O) groups excluding carboxylic acids is 1. The number of benzene rings is 2. The Kier molecular flexibility index (Phi) is 3.17. The van der Waals surface area contributed by atoms with Gasteiger partial charge in [-0.15, -0.1) is 0 Å². The van der Waals surface area contributed by atoms with Crippen LogP contribution in [-0.4, -0.2) is 16.1 Å². The first-order valence-corrected chi connectivity index (χ1v) is 7.34. The van der Waals surface area contributed by atoms with Gasteiger partial charge in [0, 0.05) is 24.2 Å². The summed E-state index contributed by atoms with van der Waals surface area (Å²) in [5, 5.41) is 13.4. The van der Waals surface area contributed by atoms with Gasteiger partial charge in [0.2, 0.25) is 0 Å². The summed E-state index contributed by atoms with van der Waals surface area (Å²) in [4.78, 5) is 24.3. The number of aromatic amines is 1. The molecule has 23 heavy (non-hydrogen) atoms. The summed E-state index contributed by atoms with van der Waals surface area (Å²) < 4.78 is 0. The van der Waals surface area contributed by atoms with Crippen LogP contribution >= 0.6 is 0 Å². The number of fused-ring (bicyclic) bond motifs is 2. The van der Waals surface area contributed by atoms with Gasteiger partial charge in [-0.1, -0.05) is 24.3 Å². The molecule has 0 unspecified atom stereocenters. The third kappa shape index (κ3) is 2.39. The van der Waals surface area contributed by atoms with E-state index in [9.17, 15) is 9.59 Å². The molecule has 3 aromatic rings. The van der Waals surface area contributed by atoms with Crippen LogP contribution in [0.3, 0.4) is 0 Å². The zero-order valence-electron chi connectivity index (χ0n) is 12.2. The van der Waals surface area contributed by atoms with Crippen LogP contribution in [0.5, 0.6) is 0 Å². The Morgan fingerprint density at radius 2 is 1.83 bits per heavy atom. The molecule has 0 aliphatic carbocycles. The SMILES string of the molecule is O=C(Nc1ccc2c(c1)CNC2)c1n[nH]c(=O)c2ccccc12. The number of aromatic nitrogens is 2. The summed E-state index contributed by atoms with van der Waals surface area (Å²) in [5.41, 5.74) is 3.05. The molecular formula is C17H14N4O2. The normalized spacial score (nSPS) is 13.0. The number of rotatable bonds is 2. The van der Waals surface area contributed by atoms with Crippen LogP contribution < -0.4 is 16.2 Å². The van der Waals surface area contributed by atoms with Gasteiger partial charge in [0.1, 0.15) is 0 Å². The second-order valence-electron chi connectivity index (χ2n) is 5.49. The molecule has 2 aromatic carbocycles. The highest BCUT2D eigenvalue weighted by Crippen LogP contribution is 2.21. The van der Waals surface area contributed by atoms with E-state index in [-0.39, 0.29) is 17.2 Å². The van der Waals surface area contributed by atoms with E-state index in [1.807, 2.05) is 18.2 Å². The highest BCUT2D eigenvalue weighted by molar-refractivity contribution is 6.11. The first-order valence-electron chi connectivity index (χ1n) is 7.34. The van der Waals surface area contributed by atoms with Crippen molar-refractivity contribution in [3.05, 3.63) is 69.6 Å². The number of hydrogen-bond acceptors (Lipinski definition) is 4. The Labute approximate surface area is 131 Å². The molecule has 6 nitrogen and oxygen atoms in total. The maximum atomic E-state index is 12.5. The Morgan fingerprint density at radius 1 is 1.04 bits per heavy atom. The molecule has 1 aliphatic rings. The van der Waals surface area contributed by atoms with Gasteiger partial charge >= 0.3 is 0 Å². The fourth-order valence-electron chi connectivity index (χ4n) is 2.85. The zero-order chi connectivity index (χ0) is 15.8. The van der Waals surface area contributed by atoms with Crippen molar-refractivity contribution >= 4 is 22.4 Å². The van der Waals surface area contributed by atoms with Crippen molar-refractivity contribution in [3.63, 3.8) is 0 Å². The fraction of sp³-hybridized carbons (Fsp3) is 0.118. The number of amides is 1. The van der Waals surface area contributed by atoms with Gasteiger partial charge in [-0.3, -0.25) is 9.59 Å². The van der Waals surface area contributed by atoms with Crippen molar-refractivity contribution in [1.82, 2.24) is 15.5 Å². The number of nitrogens with zero attached hydrogens (tertiary/aromatic N) is 1. The third-order valence-corrected chi connectivity index (χ3v) is 4.01. The predicted molar refractivity (Wildman–Crippen MR) is 87.3 cm³/mol. The van der Waals surface area contributed by atoms with Gasteiger partial charge in [0.25, 0.3) is 11.5 Å². The molecule has 114 valence electrons. The molecule has 0 atom stereocenters. The van der Waals surface area contributed by atoms with Crippen LogP contribution in [0.4, 0.5) is 5.69 Å². The molecule has 0 radical (unpaired) electrons. The Morgan fingerprint density at radius 3 is 2.70 bits per heavy atom. The van der Waals surface area contributed by atoms with Gasteiger partial charge in [-0.05, 0) is 29.3 Å². The Balaban J connectivity index is 1.70. The number of H-pyrrole nitrogens is 1. The van der Waals surface area contributed by atoms with Crippen molar-refractivity contribution in [1.29, 1.82) is 0 Å². The average molecular weight is 306 g/mol. The van der Waals surface area contributed by atoms with Crippen LogP contribution in [0.2, 0.25) is 0 Å². The van der Waals surface area contributed by atoms with E-state index in [1.165, 1.54) is 11.1 Å². The van der Waals surface area contributed by atoms with E-state index in [0.717, 1.165) is 18.8 Å². The molecule has 0 fully saturated rings. The summed E-state index contributed by atoms with van der Waals surface area (Å²) in [7, 11) is 0. The molecule has 0 spiro atoms. The van der Waals surface area contributed by atoms with Crippen LogP contribution in [0.15, 0.2) is 47.3 Å². The number of anilines is 1. The third-order valence-electron chi connectivity index (χ3n) is 4.01. The maximum Gasteiger partial charge on any atom is 0.276 e. The molecule has 1 amide bonds. The highest BCUT2D eigenvalue weighted by atomic mass is 16.2. The van der Waals surface area contributed by atoms with E-state index >= 15 is 0 Å². The van der Waals surface area contributed by atoms with Crippen molar-refractivity contribution < 1.29 is 4.79 Å². The summed E-state index contributed by atoms with van der Waals surface area (Å²) >= 11 is 0. The van der Waals surface area contributed by atoms with E-state index in [0.29, 0.717) is 10.8 Å². The molecule has 6 heteroatoms. The first-order chi connectivity index (χ1) is 11.2. The van der Waals surface area contributed by atoms with Gasteiger partial charge in [-0.2, -0.15) is 5.10 Å². The second kappa shape index (κ2) is 5.33. The molecule has 0 saturated carbocycles. The molecular weight excluding hydrogens is 292 g/mol.